The number of anilines is 1. The van der Waals surface area contributed by atoms with Gasteiger partial charge in [-0.05, 0) is 36.9 Å². The van der Waals surface area contributed by atoms with Gasteiger partial charge < -0.3 is 19.9 Å². The Morgan fingerprint density at radius 3 is 2.29 bits per heavy atom. The first-order valence-electron chi connectivity index (χ1n) is 10.6. The maximum atomic E-state index is 12.9. The molecule has 0 aliphatic carbocycles. The molecule has 2 aromatic rings. The Morgan fingerprint density at radius 1 is 1.03 bits per heavy atom. The van der Waals surface area contributed by atoms with Gasteiger partial charge in [-0.25, -0.2) is 0 Å². The van der Waals surface area contributed by atoms with Crippen LogP contribution >= 0.6 is 0 Å². The van der Waals surface area contributed by atoms with Crippen molar-refractivity contribution in [1.29, 1.82) is 0 Å². The Morgan fingerprint density at radius 2 is 1.68 bits per heavy atom. The molecule has 0 radical (unpaired) electrons. The molecule has 3 rings (SSSR count). The summed E-state index contributed by atoms with van der Waals surface area (Å²) in [5, 5.41) is 3.06. The van der Waals surface area contributed by atoms with Crippen LogP contribution in [0.15, 0.2) is 48.5 Å². The quantitative estimate of drug-likeness (QED) is 0.544. The van der Waals surface area contributed by atoms with Crippen molar-refractivity contribution >= 4 is 17.6 Å². The maximum absolute atomic E-state index is 12.9. The molecular formula is C24H32N4O3. The minimum absolute atomic E-state index is 0.0646. The van der Waals surface area contributed by atoms with Gasteiger partial charge in [-0.15, -0.1) is 0 Å². The Kier molecular flexibility index (Phi) is 7.65. The normalized spacial score (nSPS) is 15.9. The molecule has 0 saturated carbocycles. The molecule has 1 amide bonds. The fourth-order valence-electron chi connectivity index (χ4n) is 3.77. The van der Waals surface area contributed by atoms with Gasteiger partial charge in [0.15, 0.2) is 0 Å². The Bertz CT molecular complexity index is 890. The summed E-state index contributed by atoms with van der Waals surface area (Å²) in [5.41, 5.74) is 2.67. The summed E-state index contributed by atoms with van der Waals surface area (Å²) in [7, 11) is 6.17. The lowest BCUT2D eigenvalue weighted by atomic mass is 10.0. The lowest BCUT2D eigenvalue weighted by Gasteiger charge is -2.38. The smallest absolute Gasteiger partial charge is 0.308 e. The minimum atomic E-state index is -0.448. The molecule has 0 aromatic heterocycles. The zero-order chi connectivity index (χ0) is 22.4. The van der Waals surface area contributed by atoms with Gasteiger partial charge in [0.1, 0.15) is 5.75 Å². The zero-order valence-corrected chi connectivity index (χ0v) is 18.8. The minimum Gasteiger partial charge on any atom is -0.426 e. The van der Waals surface area contributed by atoms with Crippen molar-refractivity contribution in [1.82, 2.24) is 15.1 Å². The van der Waals surface area contributed by atoms with Crippen LogP contribution in [0.5, 0.6) is 5.75 Å². The predicted molar refractivity (Wildman–Crippen MR) is 123 cm³/mol. The maximum Gasteiger partial charge on any atom is 0.308 e. The predicted octanol–water partition coefficient (Wildman–Crippen LogP) is 2.40. The van der Waals surface area contributed by atoms with Gasteiger partial charge in [-0.3, -0.25) is 14.5 Å². The van der Waals surface area contributed by atoms with Crippen molar-refractivity contribution in [3.05, 3.63) is 59.7 Å². The largest absolute Gasteiger partial charge is 0.426 e. The standard InChI is InChI=1S/C24H32N4O3/c1-18(29)31-23-8-6-5-7-21(23)24(30)25-17-22(28-15-13-27(4)14-16-28)19-9-11-20(12-10-19)26(2)3/h5-12,22H,13-17H2,1-4H3,(H,25,30). The highest BCUT2D eigenvalue weighted by Crippen LogP contribution is 2.25. The molecule has 7 heteroatoms. The molecule has 2 aromatic carbocycles. The molecule has 1 atom stereocenters. The van der Waals surface area contributed by atoms with Crippen molar-refractivity contribution in [3.8, 4) is 5.75 Å². The monoisotopic (exact) mass is 424 g/mol. The number of carbonyl (C=O) groups excluding carboxylic acids is 2. The van der Waals surface area contributed by atoms with E-state index in [4.69, 9.17) is 4.74 Å². The highest BCUT2D eigenvalue weighted by atomic mass is 16.5. The number of rotatable bonds is 7. The summed E-state index contributed by atoms with van der Waals surface area (Å²) in [6.07, 6.45) is 0. The van der Waals surface area contributed by atoms with Crippen molar-refractivity contribution in [3.63, 3.8) is 0 Å². The van der Waals surface area contributed by atoms with E-state index in [0.29, 0.717) is 12.1 Å². The van der Waals surface area contributed by atoms with Crippen LogP contribution in [0.25, 0.3) is 0 Å². The number of ether oxygens (including phenoxy) is 1. The van der Waals surface area contributed by atoms with Crippen LogP contribution in [-0.4, -0.2) is 75.5 Å². The summed E-state index contributed by atoms with van der Waals surface area (Å²) < 4.78 is 5.20. The average Bonchev–Trinajstić information content (AvgIpc) is 2.75. The van der Waals surface area contributed by atoms with Gasteiger partial charge >= 0.3 is 5.97 Å². The summed E-state index contributed by atoms with van der Waals surface area (Å²) in [6.45, 7) is 5.67. The molecule has 1 N–H and O–H groups in total. The Labute approximate surface area is 184 Å². The van der Waals surface area contributed by atoms with E-state index in [-0.39, 0.29) is 17.7 Å². The molecule has 1 aliphatic rings. The first-order chi connectivity index (χ1) is 14.8. The summed E-state index contributed by atoms with van der Waals surface area (Å²) in [5.74, 6) is -0.420. The van der Waals surface area contributed by atoms with Gasteiger partial charge in [0.2, 0.25) is 0 Å². The van der Waals surface area contributed by atoms with Gasteiger partial charge in [-0.1, -0.05) is 24.3 Å². The molecule has 7 nitrogen and oxygen atoms in total. The lowest BCUT2D eigenvalue weighted by molar-refractivity contribution is -0.131. The molecule has 31 heavy (non-hydrogen) atoms. The zero-order valence-electron chi connectivity index (χ0n) is 18.8. The first-order valence-corrected chi connectivity index (χ1v) is 10.6. The highest BCUT2D eigenvalue weighted by molar-refractivity contribution is 5.97. The first kappa shape index (κ1) is 22.8. The second-order valence-electron chi connectivity index (χ2n) is 8.14. The Balaban J connectivity index is 1.77. The van der Waals surface area contributed by atoms with Crippen molar-refractivity contribution in [2.45, 2.75) is 13.0 Å². The van der Waals surface area contributed by atoms with Gasteiger partial charge in [0, 0.05) is 59.4 Å². The highest BCUT2D eigenvalue weighted by Gasteiger charge is 2.25. The topological polar surface area (TPSA) is 65.1 Å². The van der Waals surface area contributed by atoms with Crippen molar-refractivity contribution < 1.29 is 14.3 Å². The van der Waals surface area contributed by atoms with Crippen LogP contribution in [-0.2, 0) is 4.79 Å². The lowest BCUT2D eigenvalue weighted by Crippen LogP contribution is -2.48. The number of nitrogens with zero attached hydrogens (tertiary/aromatic N) is 3. The average molecular weight is 425 g/mol. The van der Waals surface area contributed by atoms with Crippen LogP contribution in [0.2, 0.25) is 0 Å². The van der Waals surface area contributed by atoms with Crippen molar-refractivity contribution in [2.24, 2.45) is 0 Å². The molecule has 1 aliphatic heterocycles. The van der Waals surface area contributed by atoms with Crippen LogP contribution < -0.4 is 15.0 Å². The van der Waals surface area contributed by atoms with E-state index >= 15 is 0 Å². The summed E-state index contributed by atoms with van der Waals surface area (Å²) in [4.78, 5) is 31.1. The number of carbonyl (C=O) groups is 2. The van der Waals surface area contributed by atoms with Gasteiger partial charge in [-0.2, -0.15) is 0 Å². The molecule has 1 fully saturated rings. The molecule has 166 valence electrons. The van der Waals surface area contributed by atoms with E-state index in [1.54, 1.807) is 24.3 Å². The Hall–Kier alpha value is -2.90. The van der Waals surface area contributed by atoms with E-state index in [0.717, 1.165) is 31.9 Å². The number of likely N-dealkylation sites (N-methyl/N-ethyl adjacent to an activating group) is 1. The van der Waals surface area contributed by atoms with E-state index in [1.807, 2.05) is 14.1 Å². The van der Waals surface area contributed by atoms with E-state index in [9.17, 15) is 9.59 Å². The van der Waals surface area contributed by atoms with Crippen molar-refractivity contribution in [2.75, 3.05) is 58.8 Å². The molecule has 1 heterocycles. The number of para-hydroxylation sites is 1. The number of hydrogen-bond acceptors (Lipinski definition) is 6. The SMILES string of the molecule is CC(=O)Oc1ccccc1C(=O)NCC(c1ccc(N(C)C)cc1)N1CCN(C)CC1. The number of nitrogens with one attached hydrogen (secondary N) is 1. The number of piperazine rings is 1. The van der Waals surface area contributed by atoms with Crippen LogP contribution in [0.1, 0.15) is 28.9 Å². The number of esters is 1. The fourth-order valence-corrected chi connectivity index (χ4v) is 3.77. The summed E-state index contributed by atoms with van der Waals surface area (Å²) >= 11 is 0. The molecule has 1 saturated heterocycles. The van der Waals surface area contributed by atoms with Crippen LogP contribution in [0.4, 0.5) is 5.69 Å². The number of benzene rings is 2. The fraction of sp³-hybridized carbons (Fsp3) is 0.417. The van der Waals surface area contributed by atoms with Crippen LogP contribution in [0, 0.1) is 0 Å². The number of amides is 1. The third-order valence-corrected chi connectivity index (χ3v) is 5.61. The van der Waals surface area contributed by atoms with E-state index < -0.39 is 5.97 Å². The molecule has 0 spiro atoms. The molecule has 1 unspecified atom stereocenters. The molecule has 0 bridgehead atoms. The second-order valence-corrected chi connectivity index (χ2v) is 8.14. The third kappa shape index (κ3) is 6.06. The molecular weight excluding hydrogens is 392 g/mol. The van der Waals surface area contributed by atoms with Crippen LogP contribution in [0.3, 0.4) is 0 Å². The van der Waals surface area contributed by atoms with E-state index in [1.165, 1.54) is 12.5 Å². The summed E-state index contributed by atoms with van der Waals surface area (Å²) in [6, 6.07) is 15.4. The van der Waals surface area contributed by atoms with Gasteiger partial charge in [0.25, 0.3) is 5.91 Å². The third-order valence-electron chi connectivity index (χ3n) is 5.61. The van der Waals surface area contributed by atoms with Gasteiger partial charge in [0.05, 0.1) is 11.6 Å². The van der Waals surface area contributed by atoms with E-state index in [2.05, 4.69) is 51.3 Å². The second kappa shape index (κ2) is 10.4. The number of hydrogen-bond donors (Lipinski definition) is 1.